The third-order valence-corrected chi connectivity index (χ3v) is 3.04. The molecule has 80 valence electrons. The van der Waals surface area contributed by atoms with Crippen molar-refractivity contribution < 1.29 is 4.79 Å². The Morgan fingerprint density at radius 3 is 2.47 bits per heavy atom. The van der Waals surface area contributed by atoms with Crippen molar-refractivity contribution in [3.8, 4) is 0 Å². The molecule has 0 aliphatic rings. The molecule has 1 aromatic rings. The van der Waals surface area contributed by atoms with Gasteiger partial charge in [0.2, 0.25) is 0 Å². The van der Waals surface area contributed by atoms with E-state index in [1.54, 1.807) is 11.8 Å². The Balaban J connectivity index is 2.71. The summed E-state index contributed by atoms with van der Waals surface area (Å²) in [6.07, 6.45) is 1.87. The second-order valence-electron chi connectivity index (χ2n) is 3.64. The Hall–Kier alpha value is -1.02. The number of hydrogen-bond donors (Lipinski definition) is 0. The van der Waals surface area contributed by atoms with E-state index in [0.29, 0.717) is 0 Å². The van der Waals surface area contributed by atoms with Gasteiger partial charge in [-0.15, -0.1) is 18.3 Å². The number of rotatable bonds is 5. The Labute approximate surface area is 95.6 Å². The second kappa shape index (κ2) is 5.76. The van der Waals surface area contributed by atoms with Gasteiger partial charge in [0, 0.05) is 22.1 Å². The standard InChI is InChI=1S/C13H16OS/c1-4-9-15-12-7-5-11(6-8-12)13(14)10(2)3/h4-8,10H,1,9H2,2-3H3. The molecule has 0 radical (unpaired) electrons. The molecule has 15 heavy (non-hydrogen) atoms. The predicted octanol–water partition coefficient (Wildman–Crippen LogP) is 3.80. The molecule has 0 atom stereocenters. The molecule has 1 aromatic carbocycles. The lowest BCUT2D eigenvalue weighted by Crippen LogP contribution is -2.06. The lowest BCUT2D eigenvalue weighted by Gasteiger charge is -2.04. The summed E-state index contributed by atoms with van der Waals surface area (Å²) in [5, 5.41) is 0. The molecule has 0 fully saturated rings. The van der Waals surface area contributed by atoms with Crippen LogP contribution in [0.4, 0.5) is 0 Å². The molecule has 0 unspecified atom stereocenters. The second-order valence-corrected chi connectivity index (χ2v) is 4.74. The van der Waals surface area contributed by atoms with Crippen LogP contribution in [0.5, 0.6) is 0 Å². The van der Waals surface area contributed by atoms with Gasteiger partial charge in [0.25, 0.3) is 0 Å². The van der Waals surface area contributed by atoms with Gasteiger partial charge in [-0.25, -0.2) is 0 Å². The summed E-state index contributed by atoms with van der Waals surface area (Å²) in [5.74, 6) is 1.17. The Kier molecular flexibility index (Phi) is 4.63. The van der Waals surface area contributed by atoms with E-state index in [1.165, 1.54) is 4.90 Å². The molecule has 0 aromatic heterocycles. The fraction of sp³-hybridized carbons (Fsp3) is 0.308. The Bertz CT molecular complexity index is 338. The van der Waals surface area contributed by atoms with E-state index >= 15 is 0 Å². The first-order valence-electron chi connectivity index (χ1n) is 5.03. The number of thioether (sulfide) groups is 1. The number of carbonyl (C=O) groups is 1. The van der Waals surface area contributed by atoms with Gasteiger partial charge in [-0.1, -0.05) is 32.1 Å². The SMILES string of the molecule is C=CCSc1ccc(C(=O)C(C)C)cc1. The molecule has 1 nitrogen and oxygen atoms in total. The van der Waals surface area contributed by atoms with E-state index in [1.807, 2.05) is 44.2 Å². The van der Waals surface area contributed by atoms with Crippen LogP contribution in [0.2, 0.25) is 0 Å². The van der Waals surface area contributed by atoms with Gasteiger partial charge >= 0.3 is 0 Å². The van der Waals surface area contributed by atoms with E-state index in [0.717, 1.165) is 11.3 Å². The quantitative estimate of drug-likeness (QED) is 0.426. The highest BCUT2D eigenvalue weighted by Gasteiger charge is 2.09. The Morgan fingerprint density at radius 1 is 1.40 bits per heavy atom. The maximum absolute atomic E-state index is 11.6. The molecule has 0 bridgehead atoms. The summed E-state index contributed by atoms with van der Waals surface area (Å²) in [6.45, 7) is 7.51. The largest absolute Gasteiger partial charge is 0.294 e. The molecule has 0 N–H and O–H groups in total. The van der Waals surface area contributed by atoms with E-state index in [-0.39, 0.29) is 11.7 Å². The lowest BCUT2D eigenvalue weighted by atomic mass is 10.0. The van der Waals surface area contributed by atoms with Gasteiger partial charge in [-0.05, 0) is 12.1 Å². The highest BCUT2D eigenvalue weighted by atomic mass is 32.2. The summed E-state index contributed by atoms with van der Waals surface area (Å²) in [4.78, 5) is 12.8. The number of benzene rings is 1. The fourth-order valence-electron chi connectivity index (χ4n) is 1.20. The highest BCUT2D eigenvalue weighted by Crippen LogP contribution is 2.19. The maximum Gasteiger partial charge on any atom is 0.165 e. The molecule has 0 aliphatic heterocycles. The van der Waals surface area contributed by atoms with E-state index in [9.17, 15) is 4.79 Å². The van der Waals surface area contributed by atoms with Gasteiger partial charge < -0.3 is 0 Å². The van der Waals surface area contributed by atoms with Crippen molar-refractivity contribution in [2.24, 2.45) is 5.92 Å². The average molecular weight is 220 g/mol. The minimum Gasteiger partial charge on any atom is -0.294 e. The molecule has 2 heteroatoms. The Morgan fingerprint density at radius 2 is 2.00 bits per heavy atom. The first-order chi connectivity index (χ1) is 7.15. The number of ketones is 1. The first kappa shape index (κ1) is 12.1. The van der Waals surface area contributed by atoms with Crippen LogP contribution in [0.1, 0.15) is 24.2 Å². The molecule has 1 rings (SSSR count). The zero-order chi connectivity index (χ0) is 11.3. The van der Waals surface area contributed by atoms with Crippen LogP contribution in [-0.4, -0.2) is 11.5 Å². The first-order valence-corrected chi connectivity index (χ1v) is 6.01. The fourth-order valence-corrected chi connectivity index (χ4v) is 1.84. The van der Waals surface area contributed by atoms with E-state index < -0.39 is 0 Å². The van der Waals surface area contributed by atoms with Gasteiger partial charge in [0.15, 0.2) is 5.78 Å². The average Bonchev–Trinajstić information content (AvgIpc) is 2.26. The van der Waals surface area contributed by atoms with Crippen LogP contribution in [-0.2, 0) is 0 Å². The van der Waals surface area contributed by atoms with Crippen molar-refractivity contribution in [1.82, 2.24) is 0 Å². The third-order valence-electron chi connectivity index (χ3n) is 2.03. The maximum atomic E-state index is 11.6. The number of hydrogen-bond acceptors (Lipinski definition) is 2. The van der Waals surface area contributed by atoms with Crippen molar-refractivity contribution >= 4 is 17.5 Å². The summed E-state index contributed by atoms with van der Waals surface area (Å²) in [6, 6.07) is 7.77. The van der Waals surface area contributed by atoms with Crippen molar-refractivity contribution in [2.45, 2.75) is 18.7 Å². The highest BCUT2D eigenvalue weighted by molar-refractivity contribution is 7.99. The van der Waals surface area contributed by atoms with Gasteiger partial charge in [0.1, 0.15) is 0 Å². The van der Waals surface area contributed by atoms with Crippen LogP contribution < -0.4 is 0 Å². The summed E-state index contributed by atoms with van der Waals surface area (Å²) in [7, 11) is 0. The van der Waals surface area contributed by atoms with E-state index in [2.05, 4.69) is 6.58 Å². The third kappa shape index (κ3) is 3.56. The van der Waals surface area contributed by atoms with Crippen LogP contribution in [0.15, 0.2) is 41.8 Å². The zero-order valence-electron chi connectivity index (χ0n) is 9.19. The van der Waals surface area contributed by atoms with Crippen LogP contribution in [0.3, 0.4) is 0 Å². The van der Waals surface area contributed by atoms with Crippen molar-refractivity contribution in [2.75, 3.05) is 5.75 Å². The molecule has 0 saturated carbocycles. The monoisotopic (exact) mass is 220 g/mol. The lowest BCUT2D eigenvalue weighted by molar-refractivity contribution is 0.0939. The molecule has 0 saturated heterocycles. The topological polar surface area (TPSA) is 17.1 Å². The van der Waals surface area contributed by atoms with Crippen molar-refractivity contribution in [1.29, 1.82) is 0 Å². The molecule has 0 amide bonds. The number of carbonyl (C=O) groups excluding carboxylic acids is 1. The minimum atomic E-state index is 0.0664. The van der Waals surface area contributed by atoms with Gasteiger partial charge in [-0.2, -0.15) is 0 Å². The summed E-state index contributed by atoms with van der Waals surface area (Å²) >= 11 is 1.72. The predicted molar refractivity (Wildman–Crippen MR) is 66.5 cm³/mol. The van der Waals surface area contributed by atoms with Crippen LogP contribution >= 0.6 is 11.8 Å². The van der Waals surface area contributed by atoms with E-state index in [4.69, 9.17) is 0 Å². The zero-order valence-corrected chi connectivity index (χ0v) is 10.0. The smallest absolute Gasteiger partial charge is 0.165 e. The van der Waals surface area contributed by atoms with Crippen molar-refractivity contribution in [3.63, 3.8) is 0 Å². The summed E-state index contributed by atoms with van der Waals surface area (Å²) < 4.78 is 0. The van der Waals surface area contributed by atoms with Crippen molar-refractivity contribution in [3.05, 3.63) is 42.5 Å². The molecular weight excluding hydrogens is 204 g/mol. The van der Waals surface area contributed by atoms with Crippen LogP contribution in [0, 0.1) is 5.92 Å². The summed E-state index contributed by atoms with van der Waals surface area (Å²) in [5.41, 5.74) is 0.799. The number of Topliss-reactive ketones (excluding diaryl/α,β-unsaturated/α-hetero) is 1. The molecular formula is C13H16OS. The van der Waals surface area contributed by atoms with Crippen LogP contribution in [0.25, 0.3) is 0 Å². The normalized spacial score (nSPS) is 10.3. The minimum absolute atomic E-state index is 0.0664. The molecule has 0 aliphatic carbocycles. The van der Waals surface area contributed by atoms with Gasteiger partial charge in [0.05, 0.1) is 0 Å². The van der Waals surface area contributed by atoms with Gasteiger partial charge in [-0.3, -0.25) is 4.79 Å². The molecule has 0 spiro atoms. The molecule has 0 heterocycles.